The molecule has 2 aromatic rings. The first kappa shape index (κ1) is 22.0. The SMILES string of the molecule is CCN(CC)CCNC(=O)Cc1nc2cc(F)c(N3CCNC(C)C3)cc2n1C1CC1. The molecule has 1 aromatic heterocycles. The summed E-state index contributed by atoms with van der Waals surface area (Å²) in [5, 5.41) is 6.42. The molecule has 1 aromatic carbocycles. The summed E-state index contributed by atoms with van der Waals surface area (Å²) >= 11 is 0. The number of aromatic nitrogens is 2. The Morgan fingerprint density at radius 1 is 1.32 bits per heavy atom. The minimum absolute atomic E-state index is 0.0269. The Morgan fingerprint density at radius 2 is 2.10 bits per heavy atom. The van der Waals surface area contributed by atoms with E-state index in [4.69, 9.17) is 0 Å². The first-order valence-electron chi connectivity index (χ1n) is 11.7. The zero-order valence-corrected chi connectivity index (χ0v) is 19.0. The fourth-order valence-corrected chi connectivity index (χ4v) is 4.51. The van der Waals surface area contributed by atoms with Gasteiger partial charge in [0.05, 0.1) is 23.1 Å². The van der Waals surface area contributed by atoms with Crippen molar-refractivity contribution in [3.8, 4) is 0 Å². The van der Waals surface area contributed by atoms with Crippen LogP contribution in [0.2, 0.25) is 0 Å². The number of fused-ring (bicyclic) bond motifs is 1. The topological polar surface area (TPSA) is 65.4 Å². The van der Waals surface area contributed by atoms with Gasteiger partial charge in [-0.2, -0.15) is 0 Å². The monoisotopic (exact) mass is 430 g/mol. The predicted molar refractivity (Wildman–Crippen MR) is 122 cm³/mol. The number of amides is 1. The van der Waals surface area contributed by atoms with Crippen molar-refractivity contribution in [2.75, 3.05) is 50.7 Å². The lowest BCUT2D eigenvalue weighted by atomic mass is 10.2. The standard InChI is InChI=1S/C23H35FN6O/c1-4-28(5-2)10-8-26-23(31)14-22-27-19-12-18(24)20(29-11-9-25-16(3)15-29)13-21(19)30(22)17-6-7-17/h12-13,16-17,25H,4-11,14-15H2,1-3H3,(H,26,31). The molecule has 7 nitrogen and oxygen atoms in total. The average molecular weight is 431 g/mol. The maximum Gasteiger partial charge on any atom is 0.227 e. The number of piperazine rings is 1. The van der Waals surface area contributed by atoms with Crippen LogP contribution in [0.15, 0.2) is 12.1 Å². The van der Waals surface area contributed by atoms with E-state index in [1.165, 1.54) is 6.07 Å². The van der Waals surface area contributed by atoms with E-state index in [9.17, 15) is 9.18 Å². The molecule has 1 aliphatic heterocycles. The minimum atomic E-state index is -0.239. The molecule has 1 saturated heterocycles. The molecule has 1 amide bonds. The fraction of sp³-hybridized carbons (Fsp3) is 0.652. The number of rotatable bonds is 9. The van der Waals surface area contributed by atoms with Gasteiger partial charge in [-0.25, -0.2) is 9.37 Å². The highest BCUT2D eigenvalue weighted by Gasteiger charge is 2.30. The van der Waals surface area contributed by atoms with Crippen molar-refractivity contribution in [1.82, 2.24) is 25.1 Å². The van der Waals surface area contributed by atoms with Crippen molar-refractivity contribution >= 4 is 22.6 Å². The molecular formula is C23H35FN6O. The quantitative estimate of drug-likeness (QED) is 0.639. The summed E-state index contributed by atoms with van der Waals surface area (Å²) in [5.41, 5.74) is 2.22. The number of halogens is 1. The summed E-state index contributed by atoms with van der Waals surface area (Å²) in [7, 11) is 0. The van der Waals surface area contributed by atoms with E-state index in [0.717, 1.165) is 63.5 Å². The molecule has 0 spiro atoms. The van der Waals surface area contributed by atoms with E-state index in [1.807, 2.05) is 6.07 Å². The number of anilines is 1. The second-order valence-corrected chi connectivity index (χ2v) is 8.78. The first-order chi connectivity index (χ1) is 15.0. The molecule has 8 heteroatoms. The van der Waals surface area contributed by atoms with Crippen LogP contribution < -0.4 is 15.5 Å². The molecule has 2 N–H and O–H groups in total. The van der Waals surface area contributed by atoms with Gasteiger partial charge in [0, 0.05) is 50.9 Å². The van der Waals surface area contributed by atoms with E-state index in [1.54, 1.807) is 0 Å². The summed E-state index contributed by atoms with van der Waals surface area (Å²) in [5.74, 6) is 0.473. The molecule has 0 radical (unpaired) electrons. The summed E-state index contributed by atoms with van der Waals surface area (Å²) in [6.45, 7) is 12.2. The number of benzene rings is 1. The highest BCUT2D eigenvalue weighted by Crippen LogP contribution is 2.40. The van der Waals surface area contributed by atoms with Crippen LogP contribution >= 0.6 is 0 Å². The molecule has 4 rings (SSSR count). The third-order valence-corrected chi connectivity index (χ3v) is 6.42. The van der Waals surface area contributed by atoms with Crippen LogP contribution in [0.5, 0.6) is 0 Å². The summed E-state index contributed by atoms with van der Waals surface area (Å²) in [4.78, 5) is 21.6. The molecular weight excluding hydrogens is 395 g/mol. The molecule has 170 valence electrons. The third kappa shape index (κ3) is 5.01. The lowest BCUT2D eigenvalue weighted by molar-refractivity contribution is -0.120. The van der Waals surface area contributed by atoms with Gasteiger partial charge in [0.15, 0.2) is 0 Å². The summed E-state index contributed by atoms with van der Waals surface area (Å²) in [6.07, 6.45) is 2.39. The molecule has 1 aliphatic carbocycles. The maximum absolute atomic E-state index is 15.0. The maximum atomic E-state index is 15.0. The van der Waals surface area contributed by atoms with Gasteiger partial charge in [-0.05, 0) is 38.9 Å². The number of imidazole rings is 1. The number of hydrogen-bond acceptors (Lipinski definition) is 5. The van der Waals surface area contributed by atoms with Crippen LogP contribution in [0.1, 0.15) is 45.5 Å². The highest BCUT2D eigenvalue weighted by molar-refractivity contribution is 5.84. The zero-order valence-electron chi connectivity index (χ0n) is 19.0. The number of likely N-dealkylation sites (N-methyl/N-ethyl adjacent to an activating group) is 1. The largest absolute Gasteiger partial charge is 0.366 e. The molecule has 2 fully saturated rings. The molecule has 2 heterocycles. The van der Waals surface area contributed by atoms with Gasteiger partial charge in [0.25, 0.3) is 0 Å². The lowest BCUT2D eigenvalue weighted by Gasteiger charge is -2.33. The van der Waals surface area contributed by atoms with E-state index in [2.05, 4.69) is 50.8 Å². The third-order valence-electron chi connectivity index (χ3n) is 6.42. The Hall–Kier alpha value is -2.19. The van der Waals surface area contributed by atoms with E-state index < -0.39 is 0 Å². The predicted octanol–water partition coefficient (Wildman–Crippen LogP) is 2.31. The second kappa shape index (κ2) is 9.53. The molecule has 2 aliphatic rings. The molecule has 1 unspecified atom stereocenters. The number of hydrogen-bond donors (Lipinski definition) is 2. The van der Waals surface area contributed by atoms with Crippen molar-refractivity contribution in [3.05, 3.63) is 23.8 Å². The Kier molecular flexibility index (Phi) is 6.77. The average Bonchev–Trinajstić information content (AvgIpc) is 3.52. The van der Waals surface area contributed by atoms with Gasteiger partial charge in [-0.3, -0.25) is 4.79 Å². The lowest BCUT2D eigenvalue weighted by Crippen LogP contribution is -2.49. The number of carbonyl (C=O) groups is 1. The molecule has 0 bridgehead atoms. The van der Waals surface area contributed by atoms with Crippen LogP contribution in [-0.4, -0.2) is 72.2 Å². The fourth-order valence-electron chi connectivity index (χ4n) is 4.51. The van der Waals surface area contributed by atoms with Crippen LogP contribution in [-0.2, 0) is 11.2 Å². The van der Waals surface area contributed by atoms with Gasteiger partial charge in [0.1, 0.15) is 11.6 Å². The van der Waals surface area contributed by atoms with Crippen molar-refractivity contribution in [1.29, 1.82) is 0 Å². The first-order valence-corrected chi connectivity index (χ1v) is 11.7. The number of nitrogens with one attached hydrogen (secondary N) is 2. The van der Waals surface area contributed by atoms with Gasteiger partial charge in [-0.1, -0.05) is 13.8 Å². The Balaban J connectivity index is 1.54. The van der Waals surface area contributed by atoms with Crippen molar-refractivity contribution in [2.24, 2.45) is 0 Å². The van der Waals surface area contributed by atoms with Crippen LogP contribution in [0.3, 0.4) is 0 Å². The minimum Gasteiger partial charge on any atom is -0.366 e. The van der Waals surface area contributed by atoms with Crippen molar-refractivity contribution in [3.63, 3.8) is 0 Å². The van der Waals surface area contributed by atoms with Crippen LogP contribution in [0.25, 0.3) is 11.0 Å². The van der Waals surface area contributed by atoms with E-state index in [-0.39, 0.29) is 18.1 Å². The van der Waals surface area contributed by atoms with E-state index in [0.29, 0.717) is 29.8 Å². The van der Waals surface area contributed by atoms with Gasteiger partial charge in [0.2, 0.25) is 5.91 Å². The van der Waals surface area contributed by atoms with Gasteiger partial charge < -0.3 is 25.0 Å². The van der Waals surface area contributed by atoms with Gasteiger partial charge >= 0.3 is 0 Å². The van der Waals surface area contributed by atoms with Crippen molar-refractivity contribution in [2.45, 2.75) is 52.1 Å². The Morgan fingerprint density at radius 3 is 2.77 bits per heavy atom. The molecule has 1 atom stereocenters. The van der Waals surface area contributed by atoms with Crippen LogP contribution in [0, 0.1) is 5.82 Å². The second-order valence-electron chi connectivity index (χ2n) is 8.78. The Bertz CT molecular complexity index is 920. The summed E-state index contributed by atoms with van der Waals surface area (Å²) < 4.78 is 17.1. The zero-order chi connectivity index (χ0) is 22.0. The van der Waals surface area contributed by atoms with Crippen molar-refractivity contribution < 1.29 is 9.18 Å². The molecule has 31 heavy (non-hydrogen) atoms. The number of carbonyl (C=O) groups excluding carboxylic acids is 1. The smallest absolute Gasteiger partial charge is 0.227 e. The number of nitrogens with zero attached hydrogens (tertiary/aromatic N) is 4. The highest BCUT2D eigenvalue weighted by atomic mass is 19.1. The normalized spacial score (nSPS) is 19.4. The van der Waals surface area contributed by atoms with Crippen LogP contribution in [0.4, 0.5) is 10.1 Å². The van der Waals surface area contributed by atoms with E-state index >= 15 is 0 Å². The molecule has 1 saturated carbocycles. The van der Waals surface area contributed by atoms with Gasteiger partial charge in [-0.15, -0.1) is 0 Å². The summed E-state index contributed by atoms with van der Waals surface area (Å²) in [6, 6.07) is 4.17. The Labute approximate surface area is 184 Å².